The molecule has 1 aliphatic rings. The summed E-state index contributed by atoms with van der Waals surface area (Å²) in [6, 6.07) is 0.711. The number of benzene rings is 1. The number of rotatable bonds is 2. The van der Waals surface area contributed by atoms with Crippen LogP contribution in [0.4, 0.5) is 18.9 Å². The molecular weight excluding hydrogens is 235 g/mol. The Labute approximate surface area is 95.5 Å². The van der Waals surface area contributed by atoms with E-state index in [1.807, 2.05) is 0 Å². The van der Waals surface area contributed by atoms with E-state index < -0.39 is 29.0 Å². The molecule has 0 unspecified atom stereocenters. The van der Waals surface area contributed by atoms with E-state index in [-0.39, 0.29) is 5.69 Å². The summed E-state index contributed by atoms with van der Waals surface area (Å²) >= 11 is 0. The van der Waals surface area contributed by atoms with Crippen LogP contribution in [0.3, 0.4) is 0 Å². The minimum absolute atomic E-state index is 0.182. The molecule has 0 radical (unpaired) electrons. The number of halogens is 3. The molecule has 0 bridgehead atoms. The number of nitrogens with zero attached hydrogens (tertiary/aromatic N) is 1. The smallest absolute Gasteiger partial charge is 0.341 e. The Morgan fingerprint density at radius 1 is 1.18 bits per heavy atom. The monoisotopic (exact) mass is 245 g/mol. The summed E-state index contributed by atoms with van der Waals surface area (Å²) in [5, 5.41) is 8.67. The van der Waals surface area contributed by atoms with Crippen LogP contribution in [-0.4, -0.2) is 24.2 Å². The molecule has 1 N–H and O–H groups in total. The first-order valence-corrected chi connectivity index (χ1v) is 5.18. The van der Waals surface area contributed by atoms with Gasteiger partial charge in [0.05, 0.1) is 5.69 Å². The molecule has 0 amide bonds. The van der Waals surface area contributed by atoms with E-state index >= 15 is 0 Å². The van der Waals surface area contributed by atoms with Crippen molar-refractivity contribution in [2.45, 2.75) is 12.8 Å². The Kier molecular flexibility index (Phi) is 2.95. The van der Waals surface area contributed by atoms with Crippen molar-refractivity contribution in [2.24, 2.45) is 0 Å². The lowest BCUT2D eigenvalue weighted by molar-refractivity contribution is 0.0685. The van der Waals surface area contributed by atoms with Crippen LogP contribution in [0.15, 0.2) is 6.07 Å². The Hall–Kier alpha value is -1.72. The second-order valence-electron chi connectivity index (χ2n) is 3.88. The molecule has 0 saturated carbocycles. The van der Waals surface area contributed by atoms with Crippen molar-refractivity contribution in [3.05, 3.63) is 29.1 Å². The van der Waals surface area contributed by atoms with Gasteiger partial charge in [0.2, 0.25) is 0 Å². The first-order chi connectivity index (χ1) is 8.02. The highest BCUT2D eigenvalue weighted by atomic mass is 19.2. The van der Waals surface area contributed by atoms with Crippen LogP contribution in [0.1, 0.15) is 23.2 Å². The molecule has 0 atom stereocenters. The predicted octanol–water partition coefficient (Wildman–Crippen LogP) is 2.40. The number of carbonyl (C=O) groups is 1. The maximum Gasteiger partial charge on any atom is 0.341 e. The van der Waals surface area contributed by atoms with E-state index in [0.29, 0.717) is 19.2 Å². The highest BCUT2D eigenvalue weighted by Gasteiger charge is 2.27. The molecule has 17 heavy (non-hydrogen) atoms. The minimum atomic E-state index is -1.81. The van der Waals surface area contributed by atoms with Crippen LogP contribution < -0.4 is 4.90 Å². The zero-order valence-corrected chi connectivity index (χ0v) is 8.84. The van der Waals surface area contributed by atoms with Crippen molar-refractivity contribution in [1.29, 1.82) is 0 Å². The van der Waals surface area contributed by atoms with Crippen LogP contribution in [0.5, 0.6) is 0 Å². The number of hydrogen-bond donors (Lipinski definition) is 1. The molecule has 1 fully saturated rings. The first-order valence-electron chi connectivity index (χ1n) is 5.18. The number of carboxylic acids is 1. The maximum absolute atomic E-state index is 13.8. The van der Waals surface area contributed by atoms with Gasteiger partial charge >= 0.3 is 5.97 Å². The third-order valence-electron chi connectivity index (χ3n) is 2.80. The summed E-state index contributed by atoms with van der Waals surface area (Å²) in [6.07, 6.45) is 1.64. The van der Waals surface area contributed by atoms with Crippen molar-refractivity contribution in [3.63, 3.8) is 0 Å². The van der Waals surface area contributed by atoms with Crippen LogP contribution in [0, 0.1) is 17.5 Å². The van der Waals surface area contributed by atoms with Gasteiger partial charge in [0.15, 0.2) is 17.5 Å². The molecule has 1 heterocycles. The largest absolute Gasteiger partial charge is 0.477 e. The normalized spacial score (nSPS) is 15.4. The highest BCUT2D eigenvalue weighted by Crippen LogP contribution is 2.29. The Bertz CT molecular complexity index is 470. The van der Waals surface area contributed by atoms with Crippen LogP contribution in [0.2, 0.25) is 0 Å². The van der Waals surface area contributed by atoms with Gasteiger partial charge in [-0.25, -0.2) is 18.0 Å². The minimum Gasteiger partial charge on any atom is -0.477 e. The lowest BCUT2D eigenvalue weighted by Crippen LogP contribution is -2.21. The van der Waals surface area contributed by atoms with Gasteiger partial charge in [-0.2, -0.15) is 0 Å². The zero-order valence-electron chi connectivity index (χ0n) is 8.84. The summed E-state index contributed by atoms with van der Waals surface area (Å²) in [5.41, 5.74) is -1.41. The van der Waals surface area contributed by atoms with Crippen LogP contribution in [0.25, 0.3) is 0 Å². The third kappa shape index (κ3) is 1.94. The summed E-state index contributed by atoms with van der Waals surface area (Å²) in [5.74, 6) is -6.01. The first kappa shape index (κ1) is 11.8. The number of carboxylic acid groups (broad SMARTS) is 1. The Morgan fingerprint density at radius 3 is 2.29 bits per heavy atom. The van der Waals surface area contributed by atoms with Gasteiger partial charge in [-0.3, -0.25) is 0 Å². The molecule has 92 valence electrons. The molecular formula is C11H10F3NO2. The molecule has 6 heteroatoms. The molecule has 2 rings (SSSR count). The maximum atomic E-state index is 13.8. The summed E-state index contributed by atoms with van der Waals surface area (Å²) in [6.45, 7) is 1.03. The summed E-state index contributed by atoms with van der Waals surface area (Å²) in [7, 11) is 0. The summed E-state index contributed by atoms with van der Waals surface area (Å²) in [4.78, 5) is 12.2. The average molecular weight is 245 g/mol. The highest BCUT2D eigenvalue weighted by molar-refractivity contribution is 5.89. The van der Waals surface area contributed by atoms with E-state index in [9.17, 15) is 18.0 Å². The fourth-order valence-electron chi connectivity index (χ4n) is 1.97. The fourth-order valence-corrected chi connectivity index (χ4v) is 1.97. The van der Waals surface area contributed by atoms with Crippen molar-refractivity contribution in [3.8, 4) is 0 Å². The van der Waals surface area contributed by atoms with Crippen molar-refractivity contribution in [2.75, 3.05) is 18.0 Å². The van der Waals surface area contributed by atoms with E-state index in [0.717, 1.165) is 12.8 Å². The van der Waals surface area contributed by atoms with E-state index in [1.54, 1.807) is 0 Å². The topological polar surface area (TPSA) is 40.5 Å². The lowest BCUT2D eigenvalue weighted by Gasteiger charge is -2.19. The van der Waals surface area contributed by atoms with Gasteiger partial charge in [-0.05, 0) is 12.8 Å². The van der Waals surface area contributed by atoms with Crippen LogP contribution in [-0.2, 0) is 0 Å². The zero-order chi connectivity index (χ0) is 12.6. The second-order valence-corrected chi connectivity index (χ2v) is 3.88. The Balaban J connectivity index is 2.57. The van der Waals surface area contributed by atoms with Gasteiger partial charge in [0.1, 0.15) is 5.56 Å². The summed E-state index contributed by atoms with van der Waals surface area (Å²) < 4.78 is 40.2. The predicted molar refractivity (Wildman–Crippen MR) is 54.7 cm³/mol. The van der Waals surface area contributed by atoms with Crippen molar-refractivity contribution >= 4 is 11.7 Å². The van der Waals surface area contributed by atoms with E-state index in [2.05, 4.69) is 0 Å². The lowest BCUT2D eigenvalue weighted by atomic mass is 10.1. The second kappa shape index (κ2) is 4.27. The SMILES string of the molecule is O=C(O)c1c(F)c(F)cc(N2CCCC2)c1F. The Morgan fingerprint density at radius 2 is 1.76 bits per heavy atom. The molecule has 3 nitrogen and oxygen atoms in total. The molecule has 1 aliphatic heterocycles. The van der Waals surface area contributed by atoms with Gasteiger partial charge in [-0.15, -0.1) is 0 Å². The third-order valence-corrected chi connectivity index (χ3v) is 2.80. The van der Waals surface area contributed by atoms with Crippen LogP contribution >= 0.6 is 0 Å². The molecule has 0 aliphatic carbocycles. The van der Waals surface area contributed by atoms with Gasteiger partial charge < -0.3 is 10.0 Å². The quantitative estimate of drug-likeness (QED) is 0.813. The standard InChI is InChI=1S/C11H10F3NO2/c12-6-5-7(15-3-1-2-4-15)10(14)8(9(6)13)11(16)17/h5H,1-4H2,(H,16,17). The molecule has 1 aromatic carbocycles. The van der Waals surface area contributed by atoms with E-state index in [1.165, 1.54) is 4.90 Å². The van der Waals surface area contributed by atoms with Crippen molar-refractivity contribution < 1.29 is 23.1 Å². The van der Waals surface area contributed by atoms with E-state index in [4.69, 9.17) is 5.11 Å². The van der Waals surface area contributed by atoms with Crippen molar-refractivity contribution in [1.82, 2.24) is 0 Å². The van der Waals surface area contributed by atoms with Gasteiger partial charge in [0, 0.05) is 19.2 Å². The average Bonchev–Trinajstić information content (AvgIpc) is 2.76. The van der Waals surface area contributed by atoms with Gasteiger partial charge in [0.25, 0.3) is 0 Å². The van der Waals surface area contributed by atoms with Gasteiger partial charge in [-0.1, -0.05) is 0 Å². The molecule has 1 saturated heterocycles. The fraction of sp³-hybridized carbons (Fsp3) is 0.364. The number of anilines is 1. The number of aromatic carboxylic acids is 1. The molecule has 0 spiro atoms. The molecule has 0 aromatic heterocycles. The number of hydrogen-bond acceptors (Lipinski definition) is 2. The molecule has 1 aromatic rings.